The van der Waals surface area contributed by atoms with Gasteiger partial charge < -0.3 is 5.73 Å². The second-order valence-electron chi connectivity index (χ2n) is 3.60. The van der Waals surface area contributed by atoms with Crippen molar-refractivity contribution >= 4 is 0 Å². The third-order valence-electron chi connectivity index (χ3n) is 2.83. The van der Waals surface area contributed by atoms with Crippen molar-refractivity contribution in [2.45, 2.75) is 39.0 Å². The molecule has 0 amide bonds. The van der Waals surface area contributed by atoms with Crippen LogP contribution in [0.15, 0.2) is 0 Å². The van der Waals surface area contributed by atoms with Crippen molar-refractivity contribution in [2.24, 2.45) is 17.6 Å². The van der Waals surface area contributed by atoms with Gasteiger partial charge in [-0.2, -0.15) is 0 Å². The molecule has 0 aliphatic heterocycles. The van der Waals surface area contributed by atoms with Crippen LogP contribution in [-0.2, 0) is 0 Å². The average molecular weight is 141 g/mol. The van der Waals surface area contributed by atoms with Gasteiger partial charge in [0.25, 0.3) is 0 Å². The summed E-state index contributed by atoms with van der Waals surface area (Å²) >= 11 is 0. The molecular formula is C9H19N. The summed E-state index contributed by atoms with van der Waals surface area (Å²) in [5.74, 6) is 1.89. The van der Waals surface area contributed by atoms with Crippen molar-refractivity contribution in [1.29, 1.82) is 0 Å². The molecule has 1 saturated carbocycles. The van der Waals surface area contributed by atoms with Crippen LogP contribution in [0.1, 0.15) is 39.0 Å². The largest absolute Gasteiger partial charge is 0.330 e. The van der Waals surface area contributed by atoms with Crippen LogP contribution in [0.4, 0.5) is 0 Å². The van der Waals surface area contributed by atoms with E-state index in [0.29, 0.717) is 0 Å². The Morgan fingerprint density at radius 1 is 1.30 bits per heavy atom. The molecule has 1 nitrogen and oxygen atoms in total. The van der Waals surface area contributed by atoms with Gasteiger partial charge in [0, 0.05) is 0 Å². The van der Waals surface area contributed by atoms with Gasteiger partial charge in [0.1, 0.15) is 0 Å². The van der Waals surface area contributed by atoms with Crippen molar-refractivity contribution in [3.63, 3.8) is 0 Å². The van der Waals surface area contributed by atoms with E-state index >= 15 is 0 Å². The maximum absolute atomic E-state index is 5.52. The molecule has 1 aliphatic carbocycles. The SMILES string of the molecule is C[C@H]1CCCC[C@H]1CCN. The molecule has 1 rings (SSSR count). The normalized spacial score (nSPS) is 34.2. The lowest BCUT2D eigenvalue weighted by molar-refractivity contribution is 0.245. The van der Waals surface area contributed by atoms with Crippen LogP contribution in [0.3, 0.4) is 0 Å². The fourth-order valence-corrected chi connectivity index (χ4v) is 2.04. The first kappa shape index (κ1) is 8.06. The van der Waals surface area contributed by atoms with E-state index in [2.05, 4.69) is 6.92 Å². The zero-order valence-corrected chi connectivity index (χ0v) is 6.97. The topological polar surface area (TPSA) is 26.0 Å². The second-order valence-corrected chi connectivity index (χ2v) is 3.60. The molecule has 1 fully saturated rings. The van der Waals surface area contributed by atoms with Crippen molar-refractivity contribution in [3.05, 3.63) is 0 Å². The van der Waals surface area contributed by atoms with Crippen LogP contribution in [0.25, 0.3) is 0 Å². The van der Waals surface area contributed by atoms with Crippen molar-refractivity contribution in [1.82, 2.24) is 0 Å². The minimum absolute atomic E-state index is 0.884. The van der Waals surface area contributed by atoms with Gasteiger partial charge in [0.2, 0.25) is 0 Å². The molecular weight excluding hydrogens is 122 g/mol. The third-order valence-corrected chi connectivity index (χ3v) is 2.83. The van der Waals surface area contributed by atoms with E-state index in [0.717, 1.165) is 18.4 Å². The van der Waals surface area contributed by atoms with Crippen LogP contribution in [-0.4, -0.2) is 6.54 Å². The van der Waals surface area contributed by atoms with Crippen LogP contribution in [0.5, 0.6) is 0 Å². The quantitative estimate of drug-likeness (QED) is 0.626. The summed E-state index contributed by atoms with van der Waals surface area (Å²) in [6.07, 6.45) is 7.00. The summed E-state index contributed by atoms with van der Waals surface area (Å²) in [6.45, 7) is 3.26. The lowest BCUT2D eigenvalue weighted by atomic mass is 9.79. The molecule has 10 heavy (non-hydrogen) atoms. The summed E-state index contributed by atoms with van der Waals surface area (Å²) in [5, 5.41) is 0. The molecule has 0 unspecified atom stereocenters. The maximum Gasteiger partial charge on any atom is -0.00745 e. The van der Waals surface area contributed by atoms with Gasteiger partial charge in [0.05, 0.1) is 0 Å². The highest BCUT2D eigenvalue weighted by Gasteiger charge is 2.19. The van der Waals surface area contributed by atoms with Crippen molar-refractivity contribution < 1.29 is 0 Å². The predicted molar refractivity (Wildman–Crippen MR) is 44.8 cm³/mol. The highest BCUT2D eigenvalue weighted by Crippen LogP contribution is 2.31. The zero-order valence-electron chi connectivity index (χ0n) is 6.97. The Hall–Kier alpha value is -0.0400. The Morgan fingerprint density at radius 2 is 2.00 bits per heavy atom. The molecule has 0 aromatic carbocycles. The van der Waals surface area contributed by atoms with Crippen molar-refractivity contribution in [3.8, 4) is 0 Å². The number of hydrogen-bond donors (Lipinski definition) is 1. The van der Waals surface area contributed by atoms with Gasteiger partial charge in [-0.3, -0.25) is 0 Å². The molecule has 60 valence electrons. The third kappa shape index (κ3) is 1.98. The summed E-state index contributed by atoms with van der Waals surface area (Å²) in [4.78, 5) is 0. The molecule has 2 atom stereocenters. The molecule has 0 bridgehead atoms. The van der Waals surface area contributed by atoms with Gasteiger partial charge in [-0.25, -0.2) is 0 Å². The van der Waals surface area contributed by atoms with Crippen LogP contribution < -0.4 is 5.73 Å². The van der Waals surface area contributed by atoms with E-state index in [-0.39, 0.29) is 0 Å². The Labute approximate surface area is 64.0 Å². The van der Waals surface area contributed by atoms with Gasteiger partial charge in [-0.15, -0.1) is 0 Å². The average Bonchev–Trinajstić information content (AvgIpc) is 1.94. The highest BCUT2D eigenvalue weighted by atomic mass is 14.5. The number of rotatable bonds is 2. The fraction of sp³-hybridized carbons (Fsp3) is 1.00. The molecule has 0 saturated heterocycles. The summed E-state index contributed by atoms with van der Waals surface area (Å²) in [7, 11) is 0. The van der Waals surface area contributed by atoms with E-state index in [1.165, 1.54) is 32.1 Å². The first-order valence-electron chi connectivity index (χ1n) is 4.54. The summed E-state index contributed by atoms with van der Waals surface area (Å²) < 4.78 is 0. The Morgan fingerprint density at radius 3 is 2.60 bits per heavy atom. The van der Waals surface area contributed by atoms with E-state index < -0.39 is 0 Å². The predicted octanol–water partition coefficient (Wildman–Crippen LogP) is 2.16. The molecule has 0 radical (unpaired) electrons. The number of hydrogen-bond acceptors (Lipinski definition) is 1. The Bertz CT molecular complexity index is 88.7. The molecule has 0 heterocycles. The first-order chi connectivity index (χ1) is 4.84. The lowest BCUT2D eigenvalue weighted by Crippen LogP contribution is -2.19. The van der Waals surface area contributed by atoms with Crippen LogP contribution in [0, 0.1) is 11.8 Å². The van der Waals surface area contributed by atoms with Gasteiger partial charge in [-0.1, -0.05) is 32.6 Å². The molecule has 2 N–H and O–H groups in total. The van der Waals surface area contributed by atoms with E-state index in [4.69, 9.17) is 5.73 Å². The Balaban J connectivity index is 2.25. The van der Waals surface area contributed by atoms with E-state index in [9.17, 15) is 0 Å². The van der Waals surface area contributed by atoms with E-state index in [1.54, 1.807) is 0 Å². The van der Waals surface area contributed by atoms with Crippen molar-refractivity contribution in [2.75, 3.05) is 6.54 Å². The zero-order chi connectivity index (χ0) is 7.40. The van der Waals surface area contributed by atoms with E-state index in [1.807, 2.05) is 0 Å². The molecule has 0 spiro atoms. The first-order valence-corrected chi connectivity index (χ1v) is 4.54. The monoisotopic (exact) mass is 141 g/mol. The van der Waals surface area contributed by atoms with Crippen LogP contribution in [0.2, 0.25) is 0 Å². The molecule has 1 heteroatoms. The fourth-order valence-electron chi connectivity index (χ4n) is 2.04. The minimum Gasteiger partial charge on any atom is -0.330 e. The lowest BCUT2D eigenvalue weighted by Gasteiger charge is -2.28. The summed E-state index contributed by atoms with van der Waals surface area (Å²) in [6, 6.07) is 0. The molecule has 1 aliphatic rings. The highest BCUT2D eigenvalue weighted by molar-refractivity contribution is 4.72. The Kier molecular flexibility index (Phi) is 3.20. The minimum atomic E-state index is 0.884. The molecule has 0 aromatic rings. The second kappa shape index (κ2) is 3.97. The maximum atomic E-state index is 5.52. The van der Waals surface area contributed by atoms with Gasteiger partial charge in [-0.05, 0) is 24.8 Å². The summed E-state index contributed by atoms with van der Waals surface area (Å²) in [5.41, 5.74) is 5.52. The standard InChI is InChI=1S/C9H19N/c1-8-4-2-3-5-9(8)6-7-10/h8-9H,2-7,10H2,1H3/t8-,9-/m0/s1. The smallest absolute Gasteiger partial charge is 0.00745 e. The number of nitrogens with two attached hydrogens (primary N) is 1. The van der Waals surface area contributed by atoms with Crippen LogP contribution >= 0.6 is 0 Å². The molecule has 0 aromatic heterocycles. The van der Waals surface area contributed by atoms with Gasteiger partial charge >= 0.3 is 0 Å². The van der Waals surface area contributed by atoms with Gasteiger partial charge in [0.15, 0.2) is 0 Å².